The van der Waals surface area contributed by atoms with Crippen LogP contribution in [0.3, 0.4) is 0 Å². The van der Waals surface area contributed by atoms with Gasteiger partial charge >= 0.3 is 0 Å². The number of hydrazine groups is 1. The molecule has 0 atom stereocenters. The van der Waals surface area contributed by atoms with Crippen molar-refractivity contribution >= 4 is 16.8 Å². The monoisotopic (exact) mass is 280 g/mol. The summed E-state index contributed by atoms with van der Waals surface area (Å²) < 4.78 is 5.59. The molecule has 1 aliphatic rings. The summed E-state index contributed by atoms with van der Waals surface area (Å²) in [4.78, 5) is 9.34. The molecule has 0 saturated carbocycles. The van der Waals surface area contributed by atoms with Crippen LogP contribution in [0.4, 0.5) is 5.82 Å². The van der Waals surface area contributed by atoms with E-state index in [2.05, 4.69) is 10.4 Å². The van der Waals surface area contributed by atoms with Gasteiger partial charge in [-0.25, -0.2) is 15.8 Å². The highest BCUT2D eigenvalue weighted by Gasteiger charge is 2.19. The molecule has 0 aliphatic heterocycles. The molecule has 3 aromatic rings. The molecule has 3 N–H and O–H groups in total. The molecular formula is C16H16N4O. The maximum Gasteiger partial charge on any atom is 0.165 e. The second-order valence-corrected chi connectivity index (χ2v) is 5.32. The van der Waals surface area contributed by atoms with Crippen molar-refractivity contribution in [2.75, 3.05) is 5.43 Å². The second kappa shape index (κ2) is 4.86. The predicted octanol–water partition coefficient (Wildman–Crippen LogP) is 3.05. The van der Waals surface area contributed by atoms with E-state index in [1.807, 2.05) is 24.3 Å². The lowest BCUT2D eigenvalue weighted by Crippen LogP contribution is -2.17. The molecule has 0 amide bonds. The summed E-state index contributed by atoms with van der Waals surface area (Å²) in [7, 11) is 0. The van der Waals surface area contributed by atoms with Crippen LogP contribution < -0.4 is 11.3 Å². The molecule has 0 unspecified atom stereocenters. The van der Waals surface area contributed by atoms with E-state index in [9.17, 15) is 0 Å². The Morgan fingerprint density at radius 1 is 1.10 bits per heavy atom. The van der Waals surface area contributed by atoms with Crippen LogP contribution in [-0.2, 0) is 12.8 Å². The molecule has 0 bridgehead atoms. The van der Waals surface area contributed by atoms with Crippen molar-refractivity contribution in [2.24, 2.45) is 5.84 Å². The number of anilines is 1. The third-order valence-electron chi connectivity index (χ3n) is 4.04. The highest BCUT2D eigenvalue weighted by molar-refractivity contribution is 5.92. The summed E-state index contributed by atoms with van der Waals surface area (Å²) in [6, 6.07) is 7.91. The number of nitrogens with two attached hydrogens (primary N) is 1. The van der Waals surface area contributed by atoms with Crippen LogP contribution in [0.5, 0.6) is 0 Å². The van der Waals surface area contributed by atoms with Crippen LogP contribution in [0.1, 0.15) is 24.1 Å². The van der Waals surface area contributed by atoms with Crippen LogP contribution in [0.2, 0.25) is 0 Å². The summed E-state index contributed by atoms with van der Waals surface area (Å²) in [5.74, 6) is 7.06. The van der Waals surface area contributed by atoms with Crippen molar-refractivity contribution in [3.8, 4) is 11.4 Å². The molecular weight excluding hydrogens is 264 g/mol. The van der Waals surface area contributed by atoms with E-state index in [1.165, 1.54) is 12.8 Å². The number of aromatic nitrogens is 2. The fourth-order valence-corrected chi connectivity index (χ4v) is 2.98. The van der Waals surface area contributed by atoms with Gasteiger partial charge in [0.15, 0.2) is 5.82 Å². The summed E-state index contributed by atoms with van der Waals surface area (Å²) in [5.41, 5.74) is 6.73. The number of nitrogens with one attached hydrogen (secondary N) is 1. The summed E-state index contributed by atoms with van der Waals surface area (Å²) in [5, 5.41) is 1.02. The Morgan fingerprint density at radius 3 is 2.86 bits per heavy atom. The zero-order chi connectivity index (χ0) is 14.2. The van der Waals surface area contributed by atoms with Crippen molar-refractivity contribution in [3.63, 3.8) is 0 Å². The molecule has 2 aromatic heterocycles. The van der Waals surface area contributed by atoms with Crippen molar-refractivity contribution in [1.29, 1.82) is 0 Å². The lowest BCUT2D eigenvalue weighted by molar-refractivity contribution is 0.616. The Bertz CT molecular complexity index is 792. The van der Waals surface area contributed by atoms with E-state index in [4.69, 9.17) is 15.2 Å². The first-order chi connectivity index (χ1) is 10.4. The Morgan fingerprint density at radius 2 is 1.95 bits per heavy atom. The first kappa shape index (κ1) is 12.3. The quantitative estimate of drug-likeness (QED) is 0.557. The summed E-state index contributed by atoms with van der Waals surface area (Å²) in [6.45, 7) is 0. The Balaban J connectivity index is 1.92. The largest absolute Gasteiger partial charge is 0.464 e. The van der Waals surface area contributed by atoms with Crippen LogP contribution in [0.25, 0.3) is 22.4 Å². The predicted molar refractivity (Wildman–Crippen MR) is 81.7 cm³/mol. The van der Waals surface area contributed by atoms with E-state index < -0.39 is 0 Å². The number of hydrogen-bond acceptors (Lipinski definition) is 5. The van der Waals surface area contributed by atoms with Gasteiger partial charge in [-0.05, 0) is 31.7 Å². The number of fused-ring (bicyclic) bond motifs is 2. The normalized spacial score (nSPS) is 14.1. The van der Waals surface area contributed by atoms with Gasteiger partial charge in [-0.2, -0.15) is 0 Å². The van der Waals surface area contributed by atoms with Gasteiger partial charge in [-0.3, -0.25) is 0 Å². The molecule has 0 spiro atoms. The number of nitrogens with zero attached hydrogens (tertiary/aromatic N) is 2. The number of nitrogen functional groups attached to an aromatic ring is 1. The lowest BCUT2D eigenvalue weighted by Gasteiger charge is -2.18. The molecule has 0 saturated heterocycles. The average Bonchev–Trinajstić information content (AvgIpc) is 2.98. The van der Waals surface area contributed by atoms with E-state index >= 15 is 0 Å². The van der Waals surface area contributed by atoms with Gasteiger partial charge in [0.2, 0.25) is 0 Å². The molecule has 4 rings (SSSR count). The molecule has 1 aromatic carbocycles. The SMILES string of the molecule is NNc1nc(-c2coc3ccccc23)nc2c1CCCC2. The highest BCUT2D eigenvalue weighted by Crippen LogP contribution is 2.32. The van der Waals surface area contributed by atoms with Gasteiger partial charge in [0.1, 0.15) is 17.7 Å². The zero-order valence-corrected chi connectivity index (χ0v) is 11.6. The van der Waals surface area contributed by atoms with Crippen LogP contribution in [0, 0.1) is 0 Å². The molecule has 5 heteroatoms. The molecule has 0 fully saturated rings. The third kappa shape index (κ3) is 1.97. The Kier molecular flexibility index (Phi) is 2.86. The van der Waals surface area contributed by atoms with Crippen LogP contribution >= 0.6 is 0 Å². The van der Waals surface area contributed by atoms with Gasteiger partial charge in [0.25, 0.3) is 0 Å². The van der Waals surface area contributed by atoms with Gasteiger partial charge in [0, 0.05) is 16.6 Å². The molecule has 21 heavy (non-hydrogen) atoms. The molecule has 106 valence electrons. The minimum Gasteiger partial charge on any atom is -0.464 e. The van der Waals surface area contributed by atoms with E-state index in [-0.39, 0.29) is 0 Å². The van der Waals surface area contributed by atoms with Crippen LogP contribution in [-0.4, -0.2) is 9.97 Å². The fourth-order valence-electron chi connectivity index (χ4n) is 2.98. The van der Waals surface area contributed by atoms with Crippen molar-refractivity contribution < 1.29 is 4.42 Å². The van der Waals surface area contributed by atoms with E-state index in [0.717, 1.165) is 46.4 Å². The standard InChI is InChI=1S/C16H16N4O/c17-20-16-11-6-1-3-7-13(11)18-15(19-16)12-9-21-14-8-4-2-5-10(12)14/h2,4-5,8-9H,1,3,6-7,17H2,(H,18,19,20). The van der Waals surface area contributed by atoms with E-state index in [1.54, 1.807) is 6.26 Å². The topological polar surface area (TPSA) is 77.0 Å². The lowest BCUT2D eigenvalue weighted by atomic mass is 9.96. The molecule has 0 radical (unpaired) electrons. The second-order valence-electron chi connectivity index (χ2n) is 5.32. The van der Waals surface area contributed by atoms with Crippen molar-refractivity contribution in [2.45, 2.75) is 25.7 Å². The number of rotatable bonds is 2. The maximum atomic E-state index is 5.65. The first-order valence-electron chi connectivity index (χ1n) is 7.20. The number of aryl methyl sites for hydroxylation is 1. The molecule has 5 nitrogen and oxygen atoms in total. The van der Waals surface area contributed by atoms with Gasteiger partial charge in [-0.1, -0.05) is 18.2 Å². The van der Waals surface area contributed by atoms with Gasteiger partial charge in [-0.15, -0.1) is 0 Å². The number of hydrogen-bond donors (Lipinski definition) is 2. The van der Waals surface area contributed by atoms with Gasteiger partial charge < -0.3 is 9.84 Å². The zero-order valence-electron chi connectivity index (χ0n) is 11.6. The highest BCUT2D eigenvalue weighted by atomic mass is 16.3. The molecule has 2 heterocycles. The minimum atomic E-state index is 0.675. The Hall–Kier alpha value is -2.40. The maximum absolute atomic E-state index is 5.65. The van der Waals surface area contributed by atoms with Crippen molar-refractivity contribution in [3.05, 3.63) is 41.8 Å². The summed E-state index contributed by atoms with van der Waals surface area (Å²) in [6.07, 6.45) is 6.02. The first-order valence-corrected chi connectivity index (χ1v) is 7.20. The van der Waals surface area contributed by atoms with Gasteiger partial charge in [0.05, 0.1) is 5.56 Å². The minimum absolute atomic E-state index is 0.675. The number of para-hydroxylation sites is 1. The van der Waals surface area contributed by atoms with E-state index in [0.29, 0.717) is 5.82 Å². The Labute approximate surface area is 122 Å². The number of benzene rings is 1. The van der Waals surface area contributed by atoms with Crippen molar-refractivity contribution in [1.82, 2.24) is 9.97 Å². The summed E-state index contributed by atoms with van der Waals surface area (Å²) >= 11 is 0. The fraction of sp³-hybridized carbons (Fsp3) is 0.250. The molecule has 1 aliphatic carbocycles. The number of furan rings is 1. The smallest absolute Gasteiger partial charge is 0.165 e. The third-order valence-corrected chi connectivity index (χ3v) is 4.04. The van der Waals surface area contributed by atoms with Crippen LogP contribution in [0.15, 0.2) is 34.9 Å². The average molecular weight is 280 g/mol.